The van der Waals surface area contributed by atoms with Crippen LogP contribution in [0.5, 0.6) is 0 Å². The standard InChI is InChI=1S/C28H34O8S2/c1-25(2)21-9-11-27(25,15-37(31,32)33)23(29)19(21)13-17-5-7-18(8-6-17)14-20-22-10-12-28(24(20)30,26(22,3)4)16-38(34,35)36/h5-8,13-14,21-22H,9-12,15-16H2,1-4H3,(H,31,32,33)(H,34,35,36)/p-2/b19-13+,20-14?. The minimum atomic E-state index is -4.58. The highest BCUT2D eigenvalue weighted by atomic mass is 32.2. The molecule has 0 N–H and O–H groups in total. The van der Waals surface area contributed by atoms with Crippen molar-refractivity contribution in [3.63, 3.8) is 0 Å². The van der Waals surface area contributed by atoms with Gasteiger partial charge >= 0.3 is 0 Å². The highest BCUT2D eigenvalue weighted by Gasteiger charge is 2.68. The largest absolute Gasteiger partial charge is 0.748 e. The molecule has 10 heteroatoms. The summed E-state index contributed by atoms with van der Waals surface area (Å²) in [6.07, 6.45) is 5.59. The number of benzene rings is 1. The second-order valence-electron chi connectivity index (χ2n) is 12.7. The molecule has 0 heterocycles. The molecule has 4 bridgehead atoms. The summed E-state index contributed by atoms with van der Waals surface area (Å²) in [4.78, 5) is 26.8. The smallest absolute Gasteiger partial charge is 0.166 e. The van der Waals surface area contributed by atoms with Gasteiger partial charge in [-0.3, -0.25) is 9.59 Å². The van der Waals surface area contributed by atoms with Gasteiger partial charge < -0.3 is 9.11 Å². The molecule has 4 unspecified atom stereocenters. The van der Waals surface area contributed by atoms with E-state index in [9.17, 15) is 35.5 Å². The Morgan fingerprint density at radius 1 is 0.711 bits per heavy atom. The highest BCUT2D eigenvalue weighted by molar-refractivity contribution is 7.86. The Morgan fingerprint density at radius 3 is 1.32 bits per heavy atom. The average Bonchev–Trinajstić information content (AvgIpc) is 3.27. The van der Waals surface area contributed by atoms with Gasteiger partial charge in [-0.2, -0.15) is 0 Å². The van der Waals surface area contributed by atoms with Gasteiger partial charge in [-0.1, -0.05) is 52.0 Å². The van der Waals surface area contributed by atoms with Crippen molar-refractivity contribution in [3.05, 3.63) is 46.5 Å². The summed E-state index contributed by atoms with van der Waals surface area (Å²) in [6.45, 7) is 7.45. The number of ketones is 2. The first kappa shape index (κ1) is 27.4. The van der Waals surface area contributed by atoms with Crippen molar-refractivity contribution in [3.8, 4) is 0 Å². The van der Waals surface area contributed by atoms with E-state index in [1.807, 2.05) is 52.0 Å². The van der Waals surface area contributed by atoms with E-state index in [0.29, 0.717) is 36.8 Å². The van der Waals surface area contributed by atoms with Crippen molar-refractivity contribution < 1.29 is 35.5 Å². The molecular formula is C28H32O8S2-2. The van der Waals surface area contributed by atoms with Crippen LogP contribution >= 0.6 is 0 Å². The van der Waals surface area contributed by atoms with Gasteiger partial charge in [0.25, 0.3) is 0 Å². The average molecular weight is 561 g/mol. The van der Waals surface area contributed by atoms with E-state index in [1.165, 1.54) is 0 Å². The third kappa shape index (κ3) is 3.82. The topological polar surface area (TPSA) is 149 Å². The van der Waals surface area contributed by atoms with Crippen LogP contribution in [0.2, 0.25) is 0 Å². The van der Waals surface area contributed by atoms with Crippen LogP contribution in [-0.2, 0) is 29.8 Å². The molecule has 0 radical (unpaired) electrons. The third-order valence-corrected chi connectivity index (χ3v) is 12.2. The predicted molar refractivity (Wildman–Crippen MR) is 139 cm³/mol. The van der Waals surface area contributed by atoms with Gasteiger partial charge in [-0.05, 0) is 71.6 Å². The molecule has 4 aliphatic rings. The van der Waals surface area contributed by atoms with Crippen molar-refractivity contribution in [2.75, 3.05) is 11.5 Å². The number of allylic oxidation sites excluding steroid dienone is 2. The minimum absolute atomic E-state index is 0.138. The maximum atomic E-state index is 13.4. The van der Waals surface area contributed by atoms with Crippen LogP contribution in [0.25, 0.3) is 12.2 Å². The van der Waals surface area contributed by atoms with Crippen LogP contribution in [0, 0.1) is 33.5 Å². The van der Waals surface area contributed by atoms with E-state index in [-0.39, 0.29) is 23.4 Å². The monoisotopic (exact) mass is 560 g/mol. The SMILES string of the molecule is CC1(C)C2CCC1(CS(=O)(=O)[O-])C(=O)C2=Cc1ccc(/C=C2/C(=O)C3(CS(=O)(=O)[O-])CCC2C3(C)C)cc1. The molecule has 0 amide bonds. The van der Waals surface area contributed by atoms with Gasteiger partial charge in [0.2, 0.25) is 0 Å². The lowest BCUT2D eigenvalue weighted by Gasteiger charge is -2.36. The van der Waals surface area contributed by atoms with Gasteiger partial charge in [0.05, 0.1) is 42.6 Å². The molecule has 38 heavy (non-hydrogen) atoms. The second-order valence-corrected chi connectivity index (χ2v) is 15.5. The minimum Gasteiger partial charge on any atom is -0.748 e. The molecular weight excluding hydrogens is 528 g/mol. The molecule has 1 aromatic rings. The first-order valence-corrected chi connectivity index (χ1v) is 16.0. The molecule has 1 aromatic carbocycles. The first-order valence-electron chi connectivity index (χ1n) is 12.8. The normalized spacial score (nSPS) is 35.6. The van der Waals surface area contributed by atoms with Gasteiger partial charge in [-0.15, -0.1) is 0 Å². The van der Waals surface area contributed by atoms with Crippen LogP contribution in [0.4, 0.5) is 0 Å². The van der Waals surface area contributed by atoms with Crippen molar-refractivity contribution in [2.24, 2.45) is 33.5 Å². The fraction of sp³-hybridized carbons (Fsp3) is 0.571. The van der Waals surface area contributed by atoms with Crippen LogP contribution in [-0.4, -0.2) is 49.0 Å². The summed E-state index contributed by atoms with van der Waals surface area (Å²) >= 11 is 0. The number of carbonyl (C=O) groups excluding carboxylic acids is 2. The van der Waals surface area contributed by atoms with Crippen LogP contribution in [0.3, 0.4) is 0 Å². The van der Waals surface area contributed by atoms with E-state index >= 15 is 0 Å². The number of fused-ring (bicyclic) bond motifs is 4. The molecule has 0 saturated heterocycles. The zero-order valence-corrected chi connectivity index (χ0v) is 23.6. The van der Waals surface area contributed by atoms with E-state index in [0.717, 1.165) is 11.1 Å². The fourth-order valence-corrected chi connectivity index (χ4v) is 10.7. The van der Waals surface area contributed by atoms with Crippen molar-refractivity contribution in [1.29, 1.82) is 0 Å². The molecule has 0 aliphatic heterocycles. The lowest BCUT2D eigenvalue weighted by Crippen LogP contribution is -2.42. The van der Waals surface area contributed by atoms with Crippen LogP contribution < -0.4 is 0 Å². The zero-order valence-electron chi connectivity index (χ0n) is 21.9. The van der Waals surface area contributed by atoms with Crippen molar-refractivity contribution >= 4 is 44.0 Å². The second kappa shape index (κ2) is 8.19. The Kier molecular flexibility index (Phi) is 5.91. The first-order chi connectivity index (χ1) is 17.3. The number of hydrogen-bond acceptors (Lipinski definition) is 8. The molecule has 4 aliphatic carbocycles. The molecule has 8 nitrogen and oxygen atoms in total. The molecule has 0 spiro atoms. The van der Waals surface area contributed by atoms with E-state index in [2.05, 4.69) is 0 Å². The van der Waals surface area contributed by atoms with Crippen LogP contribution in [0.15, 0.2) is 35.4 Å². The maximum absolute atomic E-state index is 13.4. The fourth-order valence-electron chi connectivity index (χ4n) is 8.22. The van der Waals surface area contributed by atoms with Gasteiger partial charge in [0, 0.05) is 11.1 Å². The molecule has 4 saturated carbocycles. The Morgan fingerprint density at radius 2 is 1.03 bits per heavy atom. The Balaban J connectivity index is 1.44. The summed E-state index contributed by atoms with van der Waals surface area (Å²) in [5.74, 6) is -2.18. The van der Waals surface area contributed by atoms with Crippen molar-refractivity contribution in [2.45, 2.75) is 53.4 Å². The molecule has 5 rings (SSSR count). The quantitative estimate of drug-likeness (QED) is 0.379. The summed E-state index contributed by atoms with van der Waals surface area (Å²) in [6, 6.07) is 7.24. The zero-order chi connectivity index (χ0) is 28.1. The van der Waals surface area contributed by atoms with Gasteiger partial charge in [-0.25, -0.2) is 16.8 Å². The predicted octanol–water partition coefficient (Wildman–Crippen LogP) is 3.55. The van der Waals surface area contributed by atoms with E-state index in [4.69, 9.17) is 0 Å². The maximum Gasteiger partial charge on any atom is 0.166 e. The molecule has 4 fully saturated rings. The Bertz CT molecular complexity index is 1400. The number of carbonyl (C=O) groups is 2. The summed E-state index contributed by atoms with van der Waals surface area (Å²) in [7, 11) is -9.17. The molecule has 4 atom stereocenters. The lowest BCUT2D eigenvalue weighted by molar-refractivity contribution is -0.125. The molecule has 206 valence electrons. The van der Waals surface area contributed by atoms with E-state index < -0.39 is 53.4 Å². The van der Waals surface area contributed by atoms with Crippen molar-refractivity contribution in [1.82, 2.24) is 0 Å². The molecule has 0 aromatic heterocycles. The van der Waals surface area contributed by atoms with Crippen LogP contribution in [0.1, 0.15) is 64.5 Å². The van der Waals surface area contributed by atoms with Gasteiger partial charge in [0.15, 0.2) is 11.6 Å². The number of Topliss-reactive ketones (excluding diaryl/α,β-unsaturated/α-hetero) is 2. The Labute approximate surface area is 224 Å². The summed E-state index contributed by atoms with van der Waals surface area (Å²) < 4.78 is 69.9. The van der Waals surface area contributed by atoms with E-state index in [1.54, 1.807) is 12.2 Å². The van der Waals surface area contributed by atoms with Gasteiger partial charge in [0.1, 0.15) is 0 Å². The third-order valence-electron chi connectivity index (χ3n) is 10.5. The number of hydrogen-bond donors (Lipinski definition) is 0. The Hall–Kier alpha value is -2.14. The highest BCUT2D eigenvalue weighted by Crippen LogP contribution is 2.67. The summed E-state index contributed by atoms with van der Waals surface area (Å²) in [5, 5.41) is 0. The summed E-state index contributed by atoms with van der Waals surface area (Å²) in [5.41, 5.74) is -1.10. The number of rotatable bonds is 6. The lowest BCUT2D eigenvalue weighted by atomic mass is 9.70.